The van der Waals surface area contributed by atoms with Crippen molar-refractivity contribution in [3.05, 3.63) is 11.8 Å². The van der Waals surface area contributed by atoms with Gasteiger partial charge >= 0.3 is 96.6 Å². The molecule has 0 saturated heterocycles. The Morgan fingerprint density at radius 1 is 1.64 bits per heavy atom. The third-order valence-corrected chi connectivity index (χ3v) is 3.33. The summed E-state index contributed by atoms with van der Waals surface area (Å²) in [7, 11) is 0. The van der Waals surface area contributed by atoms with Crippen molar-refractivity contribution in [3.63, 3.8) is 0 Å². The van der Waals surface area contributed by atoms with E-state index in [0.717, 1.165) is 23.6 Å². The Morgan fingerprint density at radius 3 is 3.00 bits per heavy atom. The Bertz CT molecular complexity index is 320. The molecule has 0 fully saturated rings. The molecular weight excluding hydrogens is 259 g/mol. The van der Waals surface area contributed by atoms with Crippen LogP contribution in [0.15, 0.2) is 11.4 Å². The predicted molar refractivity (Wildman–Crippen MR) is 58.4 cm³/mol. The van der Waals surface area contributed by atoms with E-state index in [0.29, 0.717) is 10.0 Å². The van der Waals surface area contributed by atoms with Crippen LogP contribution in [0.3, 0.4) is 0 Å². The van der Waals surface area contributed by atoms with Crippen molar-refractivity contribution in [1.82, 2.24) is 9.97 Å². The molecule has 0 amide bonds. The second-order valence-corrected chi connectivity index (χ2v) is 4.70. The Hall–Kier alpha value is -0.342. The van der Waals surface area contributed by atoms with Gasteiger partial charge in [0.2, 0.25) is 0 Å². The van der Waals surface area contributed by atoms with Crippen LogP contribution in [0.5, 0.6) is 0 Å². The molecule has 0 aliphatic heterocycles. The number of nitrogens with zero attached hydrogens (tertiary/aromatic N) is 2. The summed E-state index contributed by atoms with van der Waals surface area (Å²) in [5.41, 5.74) is 0.546. The molecular formula is C9H11AsN2OS. The third-order valence-electron chi connectivity index (χ3n) is 1.63. The van der Waals surface area contributed by atoms with Gasteiger partial charge in [0.15, 0.2) is 0 Å². The van der Waals surface area contributed by atoms with Gasteiger partial charge in [-0.25, -0.2) is 0 Å². The Kier molecular flexibility index (Phi) is 5.20. The molecule has 5 heteroatoms. The molecule has 0 spiro atoms. The molecule has 0 atom stereocenters. The van der Waals surface area contributed by atoms with Crippen LogP contribution in [0, 0.1) is 0 Å². The summed E-state index contributed by atoms with van der Waals surface area (Å²) in [6.45, 7) is 2.15. The topological polar surface area (TPSA) is 42.9 Å². The quantitative estimate of drug-likeness (QED) is 0.263. The molecule has 3 nitrogen and oxygen atoms in total. The van der Waals surface area contributed by atoms with Gasteiger partial charge in [0.25, 0.3) is 0 Å². The van der Waals surface area contributed by atoms with E-state index in [1.807, 2.05) is 0 Å². The maximum absolute atomic E-state index is 10.5. The fraction of sp³-hybridized carbons (Fsp3) is 0.444. The first-order valence-electron chi connectivity index (χ1n) is 4.42. The Morgan fingerprint density at radius 2 is 2.43 bits per heavy atom. The number of aromatic nitrogens is 2. The zero-order valence-electron chi connectivity index (χ0n) is 7.93. The van der Waals surface area contributed by atoms with E-state index < -0.39 is 0 Å². The molecule has 0 aromatic carbocycles. The number of carbonyl (C=O) groups excluding carboxylic acids is 1. The van der Waals surface area contributed by atoms with Crippen LogP contribution >= 0.6 is 11.8 Å². The fourth-order valence-electron chi connectivity index (χ4n) is 0.827. The van der Waals surface area contributed by atoms with E-state index in [9.17, 15) is 4.79 Å². The molecule has 0 aliphatic carbocycles. The average Bonchev–Trinajstić information content (AvgIpc) is 2.18. The van der Waals surface area contributed by atoms with Gasteiger partial charge in [0.05, 0.1) is 0 Å². The number of hydrogen-bond donors (Lipinski definition) is 0. The minimum atomic E-state index is 0.546. The van der Waals surface area contributed by atoms with Crippen molar-refractivity contribution in [3.8, 4) is 0 Å². The molecule has 0 unspecified atom stereocenters. The number of rotatable bonds is 5. The molecule has 0 saturated carbocycles. The zero-order chi connectivity index (χ0) is 10.4. The third kappa shape index (κ3) is 3.43. The number of hydrogen-bond acceptors (Lipinski definition) is 4. The zero-order valence-corrected chi connectivity index (χ0v) is 10.6. The van der Waals surface area contributed by atoms with Gasteiger partial charge in [0, 0.05) is 0 Å². The fourth-order valence-corrected chi connectivity index (χ4v) is 2.30. The number of unbranched alkanes of at least 4 members (excludes halogenated alkanes) is 1. The number of thioether (sulfide) groups is 1. The molecule has 0 N–H and O–H groups in total. The SMILES string of the molecule is CCCCSc1ncc(C=O)c([As])n1. The summed E-state index contributed by atoms with van der Waals surface area (Å²) in [5, 5.41) is 0.750. The summed E-state index contributed by atoms with van der Waals surface area (Å²) in [4.78, 5) is 18.8. The summed E-state index contributed by atoms with van der Waals surface area (Å²) >= 11 is 3.92. The standard InChI is InChI=1S/C9H11AsN2OS/c1-2-3-4-14-9-11-5-7(6-13)8(10)12-9/h5-6H,2-4H2,1H3. The van der Waals surface area contributed by atoms with E-state index in [2.05, 4.69) is 33.7 Å². The Labute approximate surface area is 96.6 Å². The van der Waals surface area contributed by atoms with Gasteiger partial charge in [-0.15, -0.1) is 0 Å². The molecule has 74 valence electrons. The average molecular weight is 270 g/mol. The summed E-state index contributed by atoms with van der Waals surface area (Å²) in [6, 6.07) is 0. The molecule has 1 heterocycles. The molecule has 2 radical (unpaired) electrons. The Balaban J connectivity index is 2.62. The molecule has 1 aromatic rings. The molecule has 0 aliphatic rings. The van der Waals surface area contributed by atoms with Crippen LogP contribution in [0.25, 0.3) is 0 Å². The normalized spacial score (nSPS) is 10.1. The predicted octanol–water partition coefficient (Wildman–Crippen LogP) is 0.975. The van der Waals surface area contributed by atoms with Crippen molar-refractivity contribution in [1.29, 1.82) is 0 Å². The van der Waals surface area contributed by atoms with Crippen LogP contribution in [0.1, 0.15) is 30.1 Å². The monoisotopic (exact) mass is 270 g/mol. The second kappa shape index (κ2) is 6.20. The van der Waals surface area contributed by atoms with E-state index >= 15 is 0 Å². The van der Waals surface area contributed by atoms with Gasteiger partial charge in [-0.05, 0) is 0 Å². The van der Waals surface area contributed by atoms with E-state index in [4.69, 9.17) is 0 Å². The van der Waals surface area contributed by atoms with Gasteiger partial charge in [-0.2, -0.15) is 0 Å². The second-order valence-electron chi connectivity index (χ2n) is 2.75. The first kappa shape index (κ1) is 11.7. The van der Waals surface area contributed by atoms with Crippen LogP contribution in [-0.2, 0) is 0 Å². The van der Waals surface area contributed by atoms with Crippen molar-refractivity contribution in [2.24, 2.45) is 0 Å². The summed E-state index contributed by atoms with van der Waals surface area (Å²) < 4.78 is 0.696. The molecule has 1 rings (SSSR count). The van der Waals surface area contributed by atoms with Crippen molar-refractivity contribution < 1.29 is 4.79 Å². The first-order valence-corrected chi connectivity index (χ1v) is 6.34. The van der Waals surface area contributed by atoms with Crippen LogP contribution in [0.2, 0.25) is 0 Å². The number of aldehydes is 1. The first-order chi connectivity index (χ1) is 6.77. The van der Waals surface area contributed by atoms with Gasteiger partial charge in [-0.3, -0.25) is 0 Å². The molecule has 14 heavy (non-hydrogen) atoms. The maximum atomic E-state index is 10.5. The minimum absolute atomic E-state index is 0.546. The molecule has 0 bridgehead atoms. The van der Waals surface area contributed by atoms with Crippen LogP contribution < -0.4 is 4.48 Å². The van der Waals surface area contributed by atoms with E-state index in [1.165, 1.54) is 6.42 Å². The van der Waals surface area contributed by atoms with Gasteiger partial charge in [0.1, 0.15) is 0 Å². The summed E-state index contributed by atoms with van der Waals surface area (Å²) in [6.07, 6.45) is 4.68. The van der Waals surface area contributed by atoms with Crippen molar-refractivity contribution >= 4 is 39.4 Å². The van der Waals surface area contributed by atoms with E-state index in [-0.39, 0.29) is 0 Å². The van der Waals surface area contributed by atoms with Gasteiger partial charge < -0.3 is 0 Å². The van der Waals surface area contributed by atoms with Crippen LogP contribution in [0.4, 0.5) is 0 Å². The van der Waals surface area contributed by atoms with E-state index in [1.54, 1.807) is 18.0 Å². The van der Waals surface area contributed by atoms with Crippen LogP contribution in [-0.4, -0.2) is 38.9 Å². The van der Waals surface area contributed by atoms with Gasteiger partial charge in [-0.1, -0.05) is 0 Å². The number of carbonyl (C=O) groups is 1. The summed E-state index contributed by atoms with van der Waals surface area (Å²) in [5.74, 6) is 1.03. The molecule has 1 aromatic heterocycles. The van der Waals surface area contributed by atoms with Crippen molar-refractivity contribution in [2.45, 2.75) is 24.9 Å². The van der Waals surface area contributed by atoms with Crippen molar-refractivity contribution in [2.75, 3.05) is 5.75 Å².